The normalized spacial score (nSPS) is 12.5. The third-order valence-electron chi connectivity index (χ3n) is 5.62. The minimum absolute atomic E-state index is 0.225. The molecule has 1 atom stereocenters. The zero-order valence-electron chi connectivity index (χ0n) is 17.8. The first-order valence-corrected chi connectivity index (χ1v) is 10.7. The van der Waals surface area contributed by atoms with Gasteiger partial charge in [0, 0.05) is 12.2 Å². The number of nitrogens with zero attached hydrogens (tertiary/aromatic N) is 7. The summed E-state index contributed by atoms with van der Waals surface area (Å²) in [5.74, 6) is 1.26. The molecular formula is C22H21ClN8O. The van der Waals surface area contributed by atoms with Gasteiger partial charge in [0.15, 0.2) is 17.3 Å². The molecule has 5 rings (SSSR count). The highest BCUT2D eigenvalue weighted by Crippen LogP contribution is 2.29. The van der Waals surface area contributed by atoms with E-state index in [0.29, 0.717) is 34.4 Å². The molecule has 0 fully saturated rings. The predicted octanol–water partition coefficient (Wildman–Crippen LogP) is 3.70. The average Bonchev–Trinajstić information content (AvgIpc) is 3.39. The van der Waals surface area contributed by atoms with Gasteiger partial charge in [-0.2, -0.15) is 5.10 Å². The number of benzene rings is 1. The number of aromatic amines is 1. The lowest BCUT2D eigenvalue weighted by atomic mass is 10.2. The maximum Gasteiger partial charge on any atom is 0.284 e. The van der Waals surface area contributed by atoms with Crippen LogP contribution in [0.3, 0.4) is 0 Å². The molecule has 4 heterocycles. The molecule has 0 spiro atoms. The molecule has 32 heavy (non-hydrogen) atoms. The molecule has 162 valence electrons. The Hall–Kier alpha value is -3.72. The zero-order valence-corrected chi connectivity index (χ0v) is 18.6. The standard InChI is InChI=1S/C22H21ClN8O/c1-4-29(21-17-19(25-11-24-17)26-12-27-21)14(3)20-28-31-13(2)10-16(23)18(31)22(32)30(20)15-8-6-5-7-9-15/h5-12,14H,4H2,1-3H3,(H,24,25,26,27). The maximum absolute atomic E-state index is 13.7. The van der Waals surface area contributed by atoms with Crippen LogP contribution in [-0.4, -0.2) is 40.7 Å². The highest BCUT2D eigenvalue weighted by atomic mass is 35.5. The number of aryl methyl sites for hydroxylation is 1. The second kappa shape index (κ2) is 7.76. The Morgan fingerprint density at radius 3 is 2.72 bits per heavy atom. The van der Waals surface area contributed by atoms with Crippen molar-refractivity contribution in [1.29, 1.82) is 0 Å². The van der Waals surface area contributed by atoms with Crippen LogP contribution < -0.4 is 10.5 Å². The van der Waals surface area contributed by atoms with Crippen molar-refractivity contribution < 1.29 is 0 Å². The average molecular weight is 449 g/mol. The fourth-order valence-corrected chi connectivity index (χ4v) is 4.40. The number of anilines is 1. The zero-order chi connectivity index (χ0) is 22.4. The number of nitrogens with one attached hydrogen (secondary N) is 1. The van der Waals surface area contributed by atoms with Gasteiger partial charge in [-0.25, -0.2) is 19.5 Å². The summed E-state index contributed by atoms with van der Waals surface area (Å²) in [5.41, 5.74) is 2.95. The number of imidazole rings is 1. The van der Waals surface area contributed by atoms with Crippen molar-refractivity contribution in [2.45, 2.75) is 26.8 Å². The Kier molecular flexibility index (Phi) is 4.90. The minimum Gasteiger partial charge on any atom is -0.345 e. The van der Waals surface area contributed by atoms with E-state index in [2.05, 4.69) is 24.8 Å². The van der Waals surface area contributed by atoms with E-state index in [1.54, 1.807) is 21.5 Å². The summed E-state index contributed by atoms with van der Waals surface area (Å²) in [6.07, 6.45) is 3.08. The third-order valence-corrected chi connectivity index (χ3v) is 5.90. The van der Waals surface area contributed by atoms with Gasteiger partial charge < -0.3 is 9.88 Å². The fourth-order valence-electron chi connectivity index (χ4n) is 4.08. The van der Waals surface area contributed by atoms with Crippen molar-refractivity contribution in [3.63, 3.8) is 0 Å². The molecule has 0 saturated heterocycles. The first-order valence-electron chi connectivity index (χ1n) is 10.3. The Bertz CT molecular complexity index is 1490. The van der Waals surface area contributed by atoms with Crippen LogP contribution in [-0.2, 0) is 0 Å². The summed E-state index contributed by atoms with van der Waals surface area (Å²) in [7, 11) is 0. The molecule has 0 bridgehead atoms. The number of fused-ring (bicyclic) bond motifs is 2. The van der Waals surface area contributed by atoms with Crippen molar-refractivity contribution in [2.24, 2.45) is 0 Å². The summed E-state index contributed by atoms with van der Waals surface area (Å²) in [5, 5.41) is 5.26. The molecule has 4 aromatic heterocycles. The van der Waals surface area contributed by atoms with Gasteiger partial charge in [-0.1, -0.05) is 29.8 Å². The third kappa shape index (κ3) is 3.04. The van der Waals surface area contributed by atoms with E-state index < -0.39 is 0 Å². The number of para-hydroxylation sites is 1. The molecular weight excluding hydrogens is 428 g/mol. The number of rotatable bonds is 5. The number of hydrogen-bond acceptors (Lipinski definition) is 6. The topological polar surface area (TPSA) is 97.0 Å². The van der Waals surface area contributed by atoms with Crippen LogP contribution in [0, 0.1) is 6.92 Å². The van der Waals surface area contributed by atoms with Crippen LogP contribution in [0.4, 0.5) is 5.82 Å². The number of H-pyrrole nitrogens is 1. The second-order valence-corrected chi connectivity index (χ2v) is 7.90. The SMILES string of the molecule is CCN(c1ncnc2nc[nH]c12)C(C)c1nn2c(C)cc(Cl)c2c(=O)n1-c1ccccc1. The number of aromatic nitrogens is 7. The van der Waals surface area contributed by atoms with Gasteiger partial charge in [0.25, 0.3) is 5.56 Å². The molecule has 0 saturated carbocycles. The summed E-state index contributed by atoms with van der Waals surface area (Å²) >= 11 is 6.40. The van der Waals surface area contributed by atoms with Gasteiger partial charge in [-0.05, 0) is 39.0 Å². The van der Waals surface area contributed by atoms with Gasteiger partial charge in [0.2, 0.25) is 0 Å². The molecule has 0 amide bonds. The summed E-state index contributed by atoms with van der Waals surface area (Å²) in [6.45, 7) is 6.53. The van der Waals surface area contributed by atoms with Crippen molar-refractivity contribution >= 4 is 34.1 Å². The molecule has 9 nitrogen and oxygen atoms in total. The van der Waals surface area contributed by atoms with E-state index >= 15 is 0 Å². The van der Waals surface area contributed by atoms with Crippen LogP contribution >= 0.6 is 11.6 Å². The van der Waals surface area contributed by atoms with E-state index in [1.165, 1.54) is 6.33 Å². The summed E-state index contributed by atoms with van der Waals surface area (Å²) in [6, 6.07) is 10.9. The van der Waals surface area contributed by atoms with E-state index in [1.807, 2.05) is 51.1 Å². The number of hydrogen-bond donors (Lipinski definition) is 1. The van der Waals surface area contributed by atoms with Gasteiger partial charge in [-0.15, -0.1) is 0 Å². The molecule has 5 aromatic rings. The van der Waals surface area contributed by atoms with E-state index in [4.69, 9.17) is 16.7 Å². The van der Waals surface area contributed by atoms with Crippen molar-refractivity contribution in [3.8, 4) is 5.69 Å². The van der Waals surface area contributed by atoms with Crippen molar-refractivity contribution in [2.75, 3.05) is 11.4 Å². The second-order valence-electron chi connectivity index (χ2n) is 7.49. The van der Waals surface area contributed by atoms with Gasteiger partial charge in [-0.3, -0.25) is 9.36 Å². The highest BCUT2D eigenvalue weighted by molar-refractivity contribution is 6.34. The van der Waals surface area contributed by atoms with Gasteiger partial charge in [0.1, 0.15) is 17.4 Å². The Morgan fingerprint density at radius 1 is 1.19 bits per heavy atom. The number of halogens is 1. The monoisotopic (exact) mass is 448 g/mol. The van der Waals surface area contributed by atoms with E-state index in [-0.39, 0.29) is 11.6 Å². The van der Waals surface area contributed by atoms with E-state index in [9.17, 15) is 4.79 Å². The van der Waals surface area contributed by atoms with Crippen LogP contribution in [0.15, 0.2) is 53.8 Å². The van der Waals surface area contributed by atoms with Crippen LogP contribution in [0.25, 0.3) is 22.4 Å². The first-order chi connectivity index (χ1) is 15.5. The summed E-state index contributed by atoms with van der Waals surface area (Å²) in [4.78, 5) is 31.8. The lowest BCUT2D eigenvalue weighted by Gasteiger charge is -2.30. The van der Waals surface area contributed by atoms with Gasteiger partial charge in [0.05, 0.1) is 23.1 Å². The highest BCUT2D eigenvalue weighted by Gasteiger charge is 2.26. The molecule has 1 unspecified atom stereocenters. The smallest absolute Gasteiger partial charge is 0.284 e. The first kappa shape index (κ1) is 20.2. The maximum atomic E-state index is 13.7. The molecule has 0 aliphatic rings. The minimum atomic E-state index is -0.306. The van der Waals surface area contributed by atoms with Crippen LogP contribution in [0.2, 0.25) is 5.02 Å². The van der Waals surface area contributed by atoms with Crippen molar-refractivity contribution in [1.82, 2.24) is 34.1 Å². The predicted molar refractivity (Wildman–Crippen MR) is 124 cm³/mol. The molecule has 0 aliphatic carbocycles. The van der Waals surface area contributed by atoms with Gasteiger partial charge >= 0.3 is 0 Å². The lowest BCUT2D eigenvalue weighted by molar-refractivity contribution is 0.589. The Morgan fingerprint density at radius 2 is 1.97 bits per heavy atom. The summed E-state index contributed by atoms with van der Waals surface area (Å²) < 4.78 is 3.24. The quantitative estimate of drug-likeness (QED) is 0.440. The molecule has 1 N–H and O–H groups in total. The lowest BCUT2D eigenvalue weighted by Crippen LogP contribution is -2.35. The molecule has 0 aliphatic heterocycles. The van der Waals surface area contributed by atoms with Crippen LogP contribution in [0.5, 0.6) is 0 Å². The van der Waals surface area contributed by atoms with Crippen LogP contribution in [0.1, 0.15) is 31.4 Å². The largest absolute Gasteiger partial charge is 0.345 e. The Balaban J connectivity index is 1.78. The molecule has 1 aromatic carbocycles. The Labute approximate surface area is 188 Å². The fraction of sp³-hybridized carbons (Fsp3) is 0.227. The van der Waals surface area contributed by atoms with E-state index in [0.717, 1.165) is 16.9 Å². The molecule has 10 heteroatoms. The van der Waals surface area contributed by atoms with Crippen molar-refractivity contribution in [3.05, 3.63) is 75.9 Å². The molecule has 0 radical (unpaired) electrons.